The summed E-state index contributed by atoms with van der Waals surface area (Å²) in [7, 11) is 1.82. The highest BCUT2D eigenvalue weighted by Gasteiger charge is 2.24. The second-order valence-corrected chi connectivity index (χ2v) is 5.51. The predicted molar refractivity (Wildman–Crippen MR) is 79.4 cm³/mol. The summed E-state index contributed by atoms with van der Waals surface area (Å²) in [6.07, 6.45) is 4.43. The van der Waals surface area contributed by atoms with Crippen molar-refractivity contribution in [2.45, 2.75) is 19.4 Å². The number of aromatic carboxylic acids is 1. The molecular formula is C16H17N3O3. The molecular weight excluding hydrogens is 282 g/mol. The molecule has 6 nitrogen and oxygen atoms in total. The third-order valence-electron chi connectivity index (χ3n) is 3.96. The van der Waals surface area contributed by atoms with Crippen molar-refractivity contribution in [1.29, 1.82) is 0 Å². The number of nitrogens with zero attached hydrogens (tertiary/aromatic N) is 3. The average Bonchev–Trinajstić information content (AvgIpc) is 2.91. The van der Waals surface area contributed by atoms with Crippen LogP contribution in [0.2, 0.25) is 0 Å². The molecule has 0 spiro atoms. The van der Waals surface area contributed by atoms with Gasteiger partial charge in [0, 0.05) is 26.3 Å². The number of carboxylic acid groups (broad SMARTS) is 1. The lowest BCUT2D eigenvalue weighted by atomic mass is 9.94. The number of carbonyl (C=O) groups excluding carboxylic acids is 1. The van der Waals surface area contributed by atoms with Crippen molar-refractivity contribution in [2.24, 2.45) is 7.05 Å². The first kappa shape index (κ1) is 14.3. The fourth-order valence-electron chi connectivity index (χ4n) is 2.87. The average molecular weight is 299 g/mol. The van der Waals surface area contributed by atoms with Gasteiger partial charge >= 0.3 is 5.97 Å². The fourth-order valence-corrected chi connectivity index (χ4v) is 2.87. The van der Waals surface area contributed by atoms with Crippen molar-refractivity contribution in [3.05, 3.63) is 52.8 Å². The minimum absolute atomic E-state index is 0.0411. The molecule has 1 aromatic carbocycles. The summed E-state index contributed by atoms with van der Waals surface area (Å²) in [5, 5.41) is 13.3. The van der Waals surface area contributed by atoms with Crippen LogP contribution in [-0.2, 0) is 31.2 Å². The lowest BCUT2D eigenvalue weighted by Gasteiger charge is -2.29. The summed E-state index contributed by atoms with van der Waals surface area (Å²) in [6, 6.07) is 5.25. The summed E-state index contributed by atoms with van der Waals surface area (Å²) in [4.78, 5) is 25.4. The first-order chi connectivity index (χ1) is 10.5. The van der Waals surface area contributed by atoms with Crippen LogP contribution in [0.1, 0.15) is 27.0 Å². The van der Waals surface area contributed by atoms with Crippen LogP contribution < -0.4 is 0 Å². The third-order valence-corrected chi connectivity index (χ3v) is 3.96. The van der Waals surface area contributed by atoms with Gasteiger partial charge in [0.05, 0.1) is 18.2 Å². The summed E-state index contributed by atoms with van der Waals surface area (Å²) in [5.41, 5.74) is 3.00. The molecule has 0 fully saturated rings. The van der Waals surface area contributed by atoms with E-state index in [1.165, 1.54) is 0 Å². The minimum atomic E-state index is -0.910. The number of hydrogen-bond acceptors (Lipinski definition) is 3. The maximum absolute atomic E-state index is 12.4. The highest BCUT2D eigenvalue weighted by Crippen LogP contribution is 2.23. The van der Waals surface area contributed by atoms with Crippen molar-refractivity contribution in [3.8, 4) is 0 Å². The summed E-state index contributed by atoms with van der Waals surface area (Å²) < 4.78 is 1.67. The number of aromatic nitrogens is 2. The minimum Gasteiger partial charge on any atom is -0.478 e. The van der Waals surface area contributed by atoms with E-state index >= 15 is 0 Å². The van der Waals surface area contributed by atoms with Gasteiger partial charge in [-0.25, -0.2) is 4.79 Å². The topological polar surface area (TPSA) is 75.4 Å². The number of fused-ring (bicyclic) bond motifs is 1. The van der Waals surface area contributed by atoms with Crippen LogP contribution in [0, 0.1) is 0 Å². The van der Waals surface area contributed by atoms with Gasteiger partial charge in [-0.3, -0.25) is 9.48 Å². The maximum Gasteiger partial charge on any atom is 0.335 e. The first-order valence-electron chi connectivity index (χ1n) is 7.14. The van der Waals surface area contributed by atoms with E-state index in [0.717, 1.165) is 16.7 Å². The van der Waals surface area contributed by atoms with E-state index in [4.69, 9.17) is 0 Å². The molecule has 1 aliphatic heterocycles. The Hall–Kier alpha value is -2.63. The van der Waals surface area contributed by atoms with Gasteiger partial charge in [0.25, 0.3) is 0 Å². The predicted octanol–water partition coefficient (Wildman–Crippen LogP) is 1.25. The van der Waals surface area contributed by atoms with Crippen LogP contribution in [0.5, 0.6) is 0 Å². The van der Waals surface area contributed by atoms with E-state index in [0.29, 0.717) is 31.5 Å². The zero-order chi connectivity index (χ0) is 15.7. The van der Waals surface area contributed by atoms with E-state index in [9.17, 15) is 14.7 Å². The number of hydrogen-bond donors (Lipinski definition) is 1. The van der Waals surface area contributed by atoms with Gasteiger partial charge in [-0.2, -0.15) is 5.10 Å². The summed E-state index contributed by atoms with van der Waals surface area (Å²) >= 11 is 0. The van der Waals surface area contributed by atoms with Gasteiger partial charge in [0.2, 0.25) is 5.91 Å². The highest BCUT2D eigenvalue weighted by atomic mass is 16.4. The molecule has 2 aromatic rings. The number of rotatable bonds is 3. The molecule has 0 aliphatic carbocycles. The number of benzene rings is 1. The Morgan fingerprint density at radius 3 is 2.86 bits per heavy atom. The molecule has 0 saturated heterocycles. The summed E-state index contributed by atoms with van der Waals surface area (Å²) in [6.45, 7) is 1.02. The molecule has 3 rings (SSSR count). The zero-order valence-corrected chi connectivity index (χ0v) is 12.3. The molecule has 2 heterocycles. The maximum atomic E-state index is 12.4. The smallest absolute Gasteiger partial charge is 0.335 e. The Labute approximate surface area is 128 Å². The van der Waals surface area contributed by atoms with Crippen LogP contribution in [0.15, 0.2) is 30.6 Å². The normalized spacial score (nSPS) is 13.8. The third kappa shape index (κ3) is 2.72. The largest absolute Gasteiger partial charge is 0.478 e. The molecule has 114 valence electrons. The van der Waals surface area contributed by atoms with Crippen LogP contribution in [0.3, 0.4) is 0 Å². The van der Waals surface area contributed by atoms with E-state index in [1.54, 1.807) is 27.9 Å². The molecule has 1 amide bonds. The van der Waals surface area contributed by atoms with Gasteiger partial charge in [-0.05, 0) is 29.2 Å². The lowest BCUT2D eigenvalue weighted by Crippen LogP contribution is -2.37. The highest BCUT2D eigenvalue weighted by molar-refractivity contribution is 5.90. The van der Waals surface area contributed by atoms with Gasteiger partial charge in [0.15, 0.2) is 0 Å². The Balaban J connectivity index is 1.75. The lowest BCUT2D eigenvalue weighted by molar-refractivity contribution is -0.131. The van der Waals surface area contributed by atoms with Crippen LogP contribution in [0.25, 0.3) is 0 Å². The summed E-state index contributed by atoms with van der Waals surface area (Å²) in [5.74, 6) is -0.869. The van der Waals surface area contributed by atoms with Crippen molar-refractivity contribution in [2.75, 3.05) is 6.54 Å². The van der Waals surface area contributed by atoms with Crippen molar-refractivity contribution in [3.63, 3.8) is 0 Å². The van der Waals surface area contributed by atoms with Crippen LogP contribution in [0.4, 0.5) is 0 Å². The second kappa shape index (κ2) is 5.63. The molecule has 0 atom stereocenters. The molecule has 6 heteroatoms. The molecule has 1 N–H and O–H groups in total. The van der Waals surface area contributed by atoms with E-state index < -0.39 is 5.97 Å². The molecule has 0 radical (unpaired) electrons. The van der Waals surface area contributed by atoms with Crippen LogP contribution in [-0.4, -0.2) is 38.2 Å². The van der Waals surface area contributed by atoms with Gasteiger partial charge in [0.1, 0.15) is 0 Å². The molecule has 1 aliphatic rings. The Kier molecular flexibility index (Phi) is 3.66. The number of amides is 1. The van der Waals surface area contributed by atoms with E-state index in [1.807, 2.05) is 19.3 Å². The molecule has 0 unspecified atom stereocenters. The monoisotopic (exact) mass is 299 g/mol. The first-order valence-corrected chi connectivity index (χ1v) is 7.14. The molecule has 0 bridgehead atoms. The van der Waals surface area contributed by atoms with Crippen LogP contribution >= 0.6 is 0 Å². The van der Waals surface area contributed by atoms with Gasteiger partial charge in [-0.15, -0.1) is 0 Å². The van der Waals surface area contributed by atoms with E-state index in [2.05, 4.69) is 5.10 Å². The molecule has 22 heavy (non-hydrogen) atoms. The molecule has 1 aromatic heterocycles. The van der Waals surface area contributed by atoms with Crippen molar-refractivity contribution in [1.82, 2.24) is 14.7 Å². The number of aryl methyl sites for hydroxylation is 1. The Morgan fingerprint density at radius 1 is 1.36 bits per heavy atom. The number of carboxylic acids is 1. The quantitative estimate of drug-likeness (QED) is 0.925. The van der Waals surface area contributed by atoms with Gasteiger partial charge in [-0.1, -0.05) is 12.1 Å². The zero-order valence-electron chi connectivity index (χ0n) is 12.3. The van der Waals surface area contributed by atoms with Crippen molar-refractivity contribution >= 4 is 11.9 Å². The van der Waals surface area contributed by atoms with Gasteiger partial charge < -0.3 is 10.0 Å². The Morgan fingerprint density at radius 2 is 2.18 bits per heavy atom. The van der Waals surface area contributed by atoms with E-state index in [-0.39, 0.29) is 5.91 Å². The second-order valence-electron chi connectivity index (χ2n) is 5.51. The Bertz CT molecular complexity index is 736. The number of carbonyl (C=O) groups is 2. The fraction of sp³-hybridized carbons (Fsp3) is 0.312. The van der Waals surface area contributed by atoms with Crippen molar-refractivity contribution < 1.29 is 14.7 Å². The standard InChI is InChI=1S/C16H17N3O3/c1-18-9-11(8-17-18)7-15(20)19-6-5-13-12(10-19)3-2-4-14(13)16(21)22/h2-4,8-9H,5-7,10H2,1H3,(H,21,22). The SMILES string of the molecule is Cn1cc(CC(=O)N2CCc3c(cccc3C(=O)O)C2)cn1. The molecule has 0 saturated carbocycles.